The molecule has 1 aliphatic rings. The molecule has 1 aliphatic heterocycles. The minimum absolute atomic E-state index is 0.0516. The van der Waals surface area contributed by atoms with Crippen molar-refractivity contribution in [1.82, 2.24) is 20.0 Å². The average molecular weight is 573 g/mol. The monoisotopic (exact) mass is 572 g/mol. The lowest BCUT2D eigenvalue weighted by Crippen LogP contribution is -2.30. The van der Waals surface area contributed by atoms with Gasteiger partial charge in [0.15, 0.2) is 0 Å². The molecule has 7 heteroatoms. The number of fused-ring (bicyclic) bond motifs is 1. The van der Waals surface area contributed by atoms with E-state index in [1.165, 1.54) is 44.3 Å². The maximum atomic E-state index is 13.1. The van der Waals surface area contributed by atoms with E-state index in [-0.39, 0.29) is 5.56 Å². The predicted molar refractivity (Wildman–Crippen MR) is 168 cm³/mol. The van der Waals surface area contributed by atoms with Crippen LogP contribution in [-0.2, 0) is 19.4 Å². The highest BCUT2D eigenvalue weighted by molar-refractivity contribution is 6.30. The van der Waals surface area contributed by atoms with E-state index in [2.05, 4.69) is 34.5 Å². The van der Waals surface area contributed by atoms with Gasteiger partial charge in [0, 0.05) is 29.9 Å². The summed E-state index contributed by atoms with van der Waals surface area (Å²) in [5.41, 5.74) is 3.22. The van der Waals surface area contributed by atoms with Gasteiger partial charge in [-0.3, -0.25) is 4.79 Å². The van der Waals surface area contributed by atoms with Crippen molar-refractivity contribution in [2.24, 2.45) is 0 Å². The number of nitrogens with zero attached hydrogens (tertiary/aromatic N) is 3. The zero-order valence-corrected chi connectivity index (χ0v) is 24.6. The molecule has 0 atom stereocenters. The van der Waals surface area contributed by atoms with Gasteiger partial charge >= 0.3 is 0 Å². The fourth-order valence-electron chi connectivity index (χ4n) is 5.52. The second-order valence-corrected chi connectivity index (χ2v) is 11.4. The van der Waals surface area contributed by atoms with Crippen molar-refractivity contribution in [1.29, 1.82) is 0 Å². The van der Waals surface area contributed by atoms with Crippen molar-refractivity contribution in [3.8, 4) is 5.75 Å². The molecule has 3 aromatic carbocycles. The molecule has 1 fully saturated rings. The van der Waals surface area contributed by atoms with E-state index in [4.69, 9.17) is 21.4 Å². The van der Waals surface area contributed by atoms with Crippen molar-refractivity contribution in [2.75, 3.05) is 39.3 Å². The lowest BCUT2D eigenvalue weighted by atomic mass is 10.0. The molecule has 0 unspecified atom stereocenters. The maximum Gasteiger partial charge on any atom is 0.274 e. The second kappa shape index (κ2) is 15.2. The Morgan fingerprint density at radius 2 is 1.51 bits per heavy atom. The Bertz CT molecular complexity index is 1430. The third kappa shape index (κ3) is 8.65. The van der Waals surface area contributed by atoms with Crippen LogP contribution < -0.4 is 15.6 Å². The van der Waals surface area contributed by atoms with Crippen LogP contribution in [0.25, 0.3) is 10.8 Å². The molecule has 0 aliphatic carbocycles. The summed E-state index contributed by atoms with van der Waals surface area (Å²) in [4.78, 5) is 15.7. The zero-order valence-electron chi connectivity index (χ0n) is 23.9. The van der Waals surface area contributed by atoms with Crippen LogP contribution in [0, 0.1) is 0 Å². The van der Waals surface area contributed by atoms with Crippen LogP contribution >= 0.6 is 11.6 Å². The van der Waals surface area contributed by atoms with Crippen molar-refractivity contribution in [3.05, 3.63) is 105 Å². The largest absolute Gasteiger partial charge is 0.494 e. The summed E-state index contributed by atoms with van der Waals surface area (Å²) >= 11 is 6.06. The molecule has 1 N–H and O–H groups in total. The van der Waals surface area contributed by atoms with Gasteiger partial charge in [-0.25, -0.2) is 4.68 Å². The van der Waals surface area contributed by atoms with Crippen LogP contribution in [0.4, 0.5) is 0 Å². The molecule has 0 radical (unpaired) electrons. The number of nitrogens with one attached hydrogen (secondary N) is 1. The highest BCUT2D eigenvalue weighted by atomic mass is 35.5. The maximum absolute atomic E-state index is 13.1. The Morgan fingerprint density at radius 3 is 2.27 bits per heavy atom. The standard InChI is InChI=1S/C34H41ClN4O2/c35-29-14-10-28(11-15-29)26-33-31-8-3-4-9-32(31)34(40)39(37-33)24-20-36-19-18-27-12-16-30(17-13-27)41-25-7-23-38-21-5-1-2-6-22-38/h3-4,8-17,36H,1-2,5-7,18-26H2. The highest BCUT2D eigenvalue weighted by Crippen LogP contribution is 2.19. The lowest BCUT2D eigenvalue weighted by molar-refractivity contribution is 0.240. The molecular weight excluding hydrogens is 532 g/mol. The van der Waals surface area contributed by atoms with Crippen molar-refractivity contribution >= 4 is 22.4 Å². The van der Waals surface area contributed by atoms with Crippen LogP contribution in [-0.4, -0.2) is 54.0 Å². The molecule has 0 bridgehead atoms. The van der Waals surface area contributed by atoms with Gasteiger partial charge in [0.05, 0.1) is 24.2 Å². The first kappa shape index (κ1) is 29.3. The minimum atomic E-state index is -0.0516. The lowest BCUT2D eigenvalue weighted by Gasteiger charge is -2.19. The molecular formula is C34H41ClN4O2. The van der Waals surface area contributed by atoms with E-state index in [0.29, 0.717) is 29.9 Å². The number of ether oxygens (including phenoxy) is 1. The molecule has 6 nitrogen and oxygen atoms in total. The number of likely N-dealkylation sites (tertiary alicyclic amines) is 1. The summed E-state index contributed by atoms with van der Waals surface area (Å²) in [7, 11) is 0. The van der Waals surface area contributed by atoms with Crippen LogP contribution in [0.2, 0.25) is 5.02 Å². The molecule has 216 valence electrons. The van der Waals surface area contributed by atoms with Gasteiger partial charge in [-0.05, 0) is 86.8 Å². The summed E-state index contributed by atoms with van der Waals surface area (Å²) < 4.78 is 7.58. The Hall–Kier alpha value is -3.19. The minimum Gasteiger partial charge on any atom is -0.494 e. The summed E-state index contributed by atoms with van der Waals surface area (Å²) in [6.45, 7) is 6.39. The fraction of sp³-hybridized carbons (Fsp3) is 0.412. The van der Waals surface area contributed by atoms with E-state index < -0.39 is 0 Å². The Labute approximate surface area is 248 Å². The quantitative estimate of drug-likeness (QED) is 0.196. The number of rotatable bonds is 13. The summed E-state index contributed by atoms with van der Waals surface area (Å²) in [6.07, 6.45) is 8.06. The Kier molecular flexibility index (Phi) is 10.8. The van der Waals surface area contributed by atoms with Gasteiger partial charge in [-0.2, -0.15) is 5.10 Å². The smallest absolute Gasteiger partial charge is 0.274 e. The highest BCUT2D eigenvalue weighted by Gasteiger charge is 2.11. The van der Waals surface area contributed by atoms with Crippen LogP contribution in [0.1, 0.15) is 48.9 Å². The molecule has 2 heterocycles. The number of hydrogen-bond acceptors (Lipinski definition) is 5. The molecule has 0 saturated carbocycles. The van der Waals surface area contributed by atoms with Gasteiger partial charge in [-0.15, -0.1) is 0 Å². The molecule has 4 aromatic rings. The first-order chi connectivity index (χ1) is 20.2. The third-order valence-electron chi connectivity index (χ3n) is 7.83. The van der Waals surface area contributed by atoms with Crippen molar-refractivity contribution in [3.63, 3.8) is 0 Å². The number of halogens is 1. The molecule has 1 saturated heterocycles. The topological polar surface area (TPSA) is 59.4 Å². The predicted octanol–water partition coefficient (Wildman–Crippen LogP) is 6.12. The van der Waals surface area contributed by atoms with E-state index in [1.54, 1.807) is 4.68 Å². The molecule has 5 rings (SSSR count). The number of benzene rings is 3. The van der Waals surface area contributed by atoms with Crippen LogP contribution in [0.15, 0.2) is 77.6 Å². The SMILES string of the molecule is O=c1c2ccccc2c(Cc2ccc(Cl)cc2)nn1CCNCCc1ccc(OCCCN2CCCCCC2)cc1. The summed E-state index contributed by atoms with van der Waals surface area (Å²) in [6, 6.07) is 23.9. The first-order valence-corrected chi connectivity index (χ1v) is 15.4. The van der Waals surface area contributed by atoms with Crippen LogP contribution in [0.5, 0.6) is 5.75 Å². The first-order valence-electron chi connectivity index (χ1n) is 15.0. The van der Waals surface area contributed by atoms with Gasteiger partial charge in [0.2, 0.25) is 0 Å². The van der Waals surface area contributed by atoms with Gasteiger partial charge in [0.25, 0.3) is 5.56 Å². The molecule has 0 spiro atoms. The van der Waals surface area contributed by atoms with E-state index in [9.17, 15) is 4.79 Å². The van der Waals surface area contributed by atoms with Crippen molar-refractivity contribution in [2.45, 2.75) is 51.5 Å². The number of hydrogen-bond donors (Lipinski definition) is 1. The van der Waals surface area contributed by atoms with E-state index in [0.717, 1.165) is 54.9 Å². The van der Waals surface area contributed by atoms with E-state index in [1.807, 2.05) is 48.5 Å². The Balaban J connectivity index is 1.07. The normalized spacial score (nSPS) is 14.3. The Morgan fingerprint density at radius 1 is 0.805 bits per heavy atom. The second-order valence-electron chi connectivity index (χ2n) is 10.9. The summed E-state index contributed by atoms with van der Waals surface area (Å²) in [5.74, 6) is 0.939. The zero-order chi connectivity index (χ0) is 28.3. The molecule has 0 amide bonds. The van der Waals surface area contributed by atoms with Gasteiger partial charge < -0.3 is 15.0 Å². The third-order valence-corrected chi connectivity index (χ3v) is 8.08. The average Bonchev–Trinajstić information content (AvgIpc) is 3.28. The van der Waals surface area contributed by atoms with Gasteiger partial charge in [-0.1, -0.05) is 66.9 Å². The number of aromatic nitrogens is 2. The van der Waals surface area contributed by atoms with Crippen LogP contribution in [0.3, 0.4) is 0 Å². The molecule has 41 heavy (non-hydrogen) atoms. The summed E-state index contributed by atoms with van der Waals surface area (Å²) in [5, 5.41) is 10.6. The van der Waals surface area contributed by atoms with Crippen molar-refractivity contribution < 1.29 is 4.74 Å². The fourth-order valence-corrected chi connectivity index (χ4v) is 5.64. The van der Waals surface area contributed by atoms with Gasteiger partial charge in [0.1, 0.15) is 5.75 Å². The van der Waals surface area contributed by atoms with E-state index >= 15 is 0 Å². The molecule has 1 aromatic heterocycles.